The number of carbonyl (C=O) groups is 2. The summed E-state index contributed by atoms with van der Waals surface area (Å²) in [7, 11) is 0. The first-order valence-electron chi connectivity index (χ1n) is 5.68. The molecule has 5 heteroatoms. The van der Waals surface area contributed by atoms with E-state index in [1.54, 1.807) is 0 Å². The normalized spacial score (nSPS) is 20.9. The number of nitrogens with zero attached hydrogens (tertiary/aromatic N) is 1. The Labute approximate surface area is 95.4 Å². The molecule has 1 fully saturated rings. The second kappa shape index (κ2) is 5.72. The molecule has 1 atom stereocenters. The summed E-state index contributed by atoms with van der Waals surface area (Å²) in [5.74, 6) is -0.682. The predicted octanol–water partition coefficient (Wildman–Crippen LogP) is 1.72. The summed E-state index contributed by atoms with van der Waals surface area (Å²) in [5, 5.41) is 8.99. The zero-order valence-corrected chi connectivity index (χ0v) is 9.81. The molecule has 0 spiro atoms. The van der Waals surface area contributed by atoms with Crippen molar-refractivity contribution in [3.05, 3.63) is 0 Å². The van der Waals surface area contributed by atoms with Gasteiger partial charge < -0.3 is 9.84 Å². The molecule has 0 aliphatic carbocycles. The van der Waals surface area contributed by atoms with Crippen LogP contribution in [-0.2, 0) is 9.53 Å². The fraction of sp³-hybridized carbons (Fsp3) is 0.818. The lowest BCUT2D eigenvalue weighted by molar-refractivity contribution is -0.143. The van der Waals surface area contributed by atoms with Crippen LogP contribution in [0.5, 0.6) is 0 Å². The van der Waals surface area contributed by atoms with Crippen LogP contribution in [0.15, 0.2) is 0 Å². The summed E-state index contributed by atoms with van der Waals surface area (Å²) < 4.78 is 5.05. The number of amides is 1. The van der Waals surface area contributed by atoms with E-state index in [2.05, 4.69) is 0 Å². The Kier molecular flexibility index (Phi) is 4.58. The van der Waals surface area contributed by atoms with E-state index >= 15 is 0 Å². The van der Waals surface area contributed by atoms with Crippen molar-refractivity contribution in [2.45, 2.75) is 39.2 Å². The van der Waals surface area contributed by atoms with Crippen LogP contribution in [-0.4, -0.2) is 41.3 Å². The van der Waals surface area contributed by atoms with E-state index in [-0.39, 0.29) is 5.92 Å². The summed E-state index contributed by atoms with van der Waals surface area (Å²) in [6.07, 6.45) is 1.72. The number of rotatable bonds is 3. The van der Waals surface area contributed by atoms with Gasteiger partial charge in [-0.2, -0.15) is 0 Å². The molecule has 16 heavy (non-hydrogen) atoms. The fourth-order valence-corrected chi connectivity index (χ4v) is 1.73. The molecule has 5 nitrogen and oxygen atoms in total. The molecule has 1 aliphatic rings. The van der Waals surface area contributed by atoms with E-state index in [0.29, 0.717) is 19.6 Å². The van der Waals surface area contributed by atoms with E-state index in [4.69, 9.17) is 9.84 Å². The summed E-state index contributed by atoms with van der Waals surface area (Å²) >= 11 is 0. The Hall–Kier alpha value is -1.26. The Morgan fingerprint density at radius 2 is 2.12 bits per heavy atom. The first kappa shape index (κ1) is 12.8. The van der Waals surface area contributed by atoms with Gasteiger partial charge in [0.05, 0.1) is 6.61 Å². The highest BCUT2D eigenvalue weighted by atomic mass is 16.6. The van der Waals surface area contributed by atoms with Crippen molar-refractivity contribution < 1.29 is 19.4 Å². The van der Waals surface area contributed by atoms with Crippen LogP contribution in [0.25, 0.3) is 0 Å². The van der Waals surface area contributed by atoms with Crippen LogP contribution >= 0.6 is 0 Å². The molecule has 1 rings (SSSR count). The highest BCUT2D eigenvalue weighted by Crippen LogP contribution is 2.18. The van der Waals surface area contributed by atoms with E-state index in [1.165, 1.54) is 4.90 Å². The van der Waals surface area contributed by atoms with Crippen molar-refractivity contribution in [3.63, 3.8) is 0 Å². The molecule has 0 aromatic heterocycles. The van der Waals surface area contributed by atoms with Gasteiger partial charge in [0.15, 0.2) is 0 Å². The van der Waals surface area contributed by atoms with Crippen molar-refractivity contribution in [1.82, 2.24) is 4.90 Å². The number of piperidine rings is 1. The summed E-state index contributed by atoms with van der Waals surface area (Å²) in [4.78, 5) is 23.9. The van der Waals surface area contributed by atoms with Crippen molar-refractivity contribution in [1.29, 1.82) is 0 Å². The SMILES string of the molecule is CC(C)COC(=O)N1CCCC[C@@H]1C(=O)O. The van der Waals surface area contributed by atoms with Crippen molar-refractivity contribution >= 4 is 12.1 Å². The molecule has 0 radical (unpaired) electrons. The third-order valence-corrected chi connectivity index (χ3v) is 2.56. The van der Waals surface area contributed by atoms with Gasteiger partial charge in [-0.3, -0.25) is 4.90 Å². The average Bonchev–Trinajstić information content (AvgIpc) is 2.25. The molecule has 1 amide bonds. The van der Waals surface area contributed by atoms with Crippen LogP contribution in [0, 0.1) is 5.92 Å². The highest BCUT2D eigenvalue weighted by molar-refractivity contribution is 5.80. The minimum Gasteiger partial charge on any atom is -0.480 e. The van der Waals surface area contributed by atoms with Crippen LogP contribution in [0.1, 0.15) is 33.1 Å². The molecule has 1 N–H and O–H groups in total. The summed E-state index contributed by atoms with van der Waals surface area (Å²) in [6.45, 7) is 4.70. The standard InChI is InChI=1S/C11H19NO4/c1-8(2)7-16-11(15)12-6-4-3-5-9(12)10(13)14/h8-9H,3-7H2,1-2H3,(H,13,14)/t9-/m1/s1. The minimum atomic E-state index is -0.943. The van der Waals surface area contributed by atoms with Gasteiger partial charge in [-0.05, 0) is 25.2 Å². The number of hydrogen-bond acceptors (Lipinski definition) is 3. The maximum atomic E-state index is 11.7. The zero-order valence-electron chi connectivity index (χ0n) is 9.81. The lowest BCUT2D eigenvalue weighted by Crippen LogP contribution is -2.48. The topological polar surface area (TPSA) is 66.8 Å². The van der Waals surface area contributed by atoms with Gasteiger partial charge in [0, 0.05) is 6.54 Å². The van der Waals surface area contributed by atoms with Crippen LogP contribution in [0.3, 0.4) is 0 Å². The van der Waals surface area contributed by atoms with E-state index in [9.17, 15) is 9.59 Å². The quantitative estimate of drug-likeness (QED) is 0.800. The monoisotopic (exact) mass is 229 g/mol. The number of likely N-dealkylation sites (tertiary alicyclic amines) is 1. The van der Waals surface area contributed by atoms with Crippen LogP contribution in [0.4, 0.5) is 4.79 Å². The molecule has 0 unspecified atom stereocenters. The minimum absolute atomic E-state index is 0.261. The molecule has 0 bridgehead atoms. The maximum Gasteiger partial charge on any atom is 0.410 e. The Balaban J connectivity index is 2.54. The second-order valence-corrected chi connectivity index (χ2v) is 4.51. The Bertz CT molecular complexity index is 265. The molecule has 92 valence electrons. The first-order valence-corrected chi connectivity index (χ1v) is 5.68. The number of carbonyl (C=O) groups excluding carboxylic acids is 1. The molecule has 0 saturated carbocycles. The maximum absolute atomic E-state index is 11.7. The third kappa shape index (κ3) is 3.40. The number of carboxylic acids is 1. The number of carboxylic acid groups (broad SMARTS) is 1. The zero-order chi connectivity index (χ0) is 12.1. The smallest absolute Gasteiger partial charge is 0.410 e. The van der Waals surface area contributed by atoms with Gasteiger partial charge in [-0.1, -0.05) is 13.8 Å². The predicted molar refractivity (Wildman–Crippen MR) is 58.2 cm³/mol. The lowest BCUT2D eigenvalue weighted by Gasteiger charge is -2.32. The van der Waals surface area contributed by atoms with Gasteiger partial charge in [-0.25, -0.2) is 9.59 Å². The first-order chi connectivity index (χ1) is 7.52. The Morgan fingerprint density at radius 1 is 1.44 bits per heavy atom. The van der Waals surface area contributed by atoms with Gasteiger partial charge in [0.25, 0.3) is 0 Å². The van der Waals surface area contributed by atoms with Crippen LogP contribution in [0.2, 0.25) is 0 Å². The lowest BCUT2D eigenvalue weighted by atomic mass is 10.0. The molecule has 1 saturated heterocycles. The number of ether oxygens (including phenoxy) is 1. The molecule has 0 aromatic carbocycles. The molecule has 1 aliphatic heterocycles. The second-order valence-electron chi connectivity index (χ2n) is 4.51. The van der Waals surface area contributed by atoms with Gasteiger partial charge in [-0.15, -0.1) is 0 Å². The molecular formula is C11H19NO4. The van der Waals surface area contributed by atoms with Gasteiger partial charge in [0.2, 0.25) is 0 Å². The van der Waals surface area contributed by atoms with Gasteiger partial charge >= 0.3 is 12.1 Å². The van der Waals surface area contributed by atoms with E-state index in [1.807, 2.05) is 13.8 Å². The fourth-order valence-electron chi connectivity index (χ4n) is 1.73. The molecule has 0 aromatic rings. The highest BCUT2D eigenvalue weighted by Gasteiger charge is 2.32. The number of aliphatic carboxylic acids is 1. The number of hydrogen-bond donors (Lipinski definition) is 1. The van der Waals surface area contributed by atoms with Crippen molar-refractivity contribution in [2.75, 3.05) is 13.2 Å². The molecular weight excluding hydrogens is 210 g/mol. The third-order valence-electron chi connectivity index (χ3n) is 2.56. The molecule has 1 heterocycles. The summed E-state index contributed by atoms with van der Waals surface area (Å²) in [5.41, 5.74) is 0. The van der Waals surface area contributed by atoms with Gasteiger partial charge in [0.1, 0.15) is 6.04 Å². The average molecular weight is 229 g/mol. The Morgan fingerprint density at radius 3 is 2.69 bits per heavy atom. The van der Waals surface area contributed by atoms with Crippen molar-refractivity contribution in [3.8, 4) is 0 Å². The van der Waals surface area contributed by atoms with Crippen LogP contribution < -0.4 is 0 Å². The van der Waals surface area contributed by atoms with Crippen molar-refractivity contribution in [2.24, 2.45) is 5.92 Å². The van der Waals surface area contributed by atoms with E-state index in [0.717, 1.165) is 12.8 Å². The van der Waals surface area contributed by atoms with E-state index < -0.39 is 18.1 Å². The largest absolute Gasteiger partial charge is 0.480 e. The summed E-state index contributed by atoms with van der Waals surface area (Å²) in [6, 6.07) is -0.714.